The smallest absolute Gasteiger partial charge is 0.266 e. The third-order valence-corrected chi connectivity index (χ3v) is 6.62. The average molecular weight is 528 g/mol. The van der Waals surface area contributed by atoms with E-state index in [0.29, 0.717) is 22.0 Å². The minimum atomic E-state index is -0.852. The fraction of sp³-hybridized carbons (Fsp3) is 0.0714. The third kappa shape index (κ3) is 3.86. The maximum atomic E-state index is 14.8. The van der Waals surface area contributed by atoms with Crippen molar-refractivity contribution in [2.45, 2.75) is 13.0 Å². The Kier molecular flexibility index (Phi) is 5.56. The van der Waals surface area contributed by atoms with Crippen LogP contribution in [0, 0.1) is 17.5 Å². The van der Waals surface area contributed by atoms with Gasteiger partial charge >= 0.3 is 0 Å². The van der Waals surface area contributed by atoms with E-state index in [4.69, 9.17) is 5.73 Å². The number of nitrogen functional groups attached to an aromatic ring is 1. The molecule has 194 valence electrons. The quantitative estimate of drug-likeness (QED) is 0.329. The molecule has 0 saturated heterocycles. The summed E-state index contributed by atoms with van der Waals surface area (Å²) in [5.74, 6) is -2.57. The molecule has 3 N–H and O–H groups in total. The molecule has 3 heterocycles. The lowest BCUT2D eigenvalue weighted by Gasteiger charge is -2.21. The highest BCUT2D eigenvalue weighted by molar-refractivity contribution is 5.98. The number of anilines is 1. The maximum Gasteiger partial charge on any atom is 0.266 e. The van der Waals surface area contributed by atoms with Gasteiger partial charge in [-0.3, -0.25) is 9.36 Å². The first-order chi connectivity index (χ1) is 18.7. The van der Waals surface area contributed by atoms with Crippen molar-refractivity contribution in [1.82, 2.24) is 24.3 Å². The third-order valence-electron chi connectivity index (χ3n) is 6.62. The van der Waals surface area contributed by atoms with E-state index in [-0.39, 0.29) is 28.2 Å². The van der Waals surface area contributed by atoms with Crippen molar-refractivity contribution in [1.29, 1.82) is 0 Å². The Hall–Kier alpha value is -5.19. The standard InChI is InChI=1S/C28H19F3N6O2/c1-14(37-27-24(26(32)33-13-34-27)25(35-37)16-8-9-22(38)20(31)10-16)21-11-15-4-2-7-19(30)23(15)28(39)36(21)18-6-3-5-17(29)12-18/h2-14,38H,1H3,(H2,32,33,34). The molecule has 0 saturated carbocycles. The molecule has 0 fully saturated rings. The minimum Gasteiger partial charge on any atom is -0.505 e. The summed E-state index contributed by atoms with van der Waals surface area (Å²) in [6.45, 7) is 1.74. The number of nitrogens with zero attached hydrogens (tertiary/aromatic N) is 5. The molecule has 11 heteroatoms. The Bertz CT molecular complexity index is 1990. The van der Waals surface area contributed by atoms with E-state index in [0.717, 1.165) is 6.07 Å². The highest BCUT2D eigenvalue weighted by Crippen LogP contribution is 2.35. The first-order valence-electron chi connectivity index (χ1n) is 11.8. The predicted molar refractivity (Wildman–Crippen MR) is 140 cm³/mol. The van der Waals surface area contributed by atoms with Crippen LogP contribution in [0.1, 0.15) is 18.7 Å². The number of phenols is 1. The molecular weight excluding hydrogens is 509 g/mol. The summed E-state index contributed by atoms with van der Waals surface area (Å²) in [6, 6.07) is 14.4. The summed E-state index contributed by atoms with van der Waals surface area (Å²) in [5, 5.41) is 14.9. The predicted octanol–water partition coefficient (Wildman–Crippen LogP) is 5.11. The number of pyridine rings is 1. The van der Waals surface area contributed by atoms with E-state index in [9.17, 15) is 23.1 Å². The molecular formula is C28H19F3N6O2. The molecule has 0 aliphatic heterocycles. The normalized spacial score (nSPS) is 12.3. The number of hydrogen-bond donors (Lipinski definition) is 2. The summed E-state index contributed by atoms with van der Waals surface area (Å²) < 4.78 is 46.0. The number of nitrogens with two attached hydrogens (primary N) is 1. The van der Waals surface area contributed by atoms with E-state index in [1.54, 1.807) is 25.1 Å². The molecule has 1 unspecified atom stereocenters. The van der Waals surface area contributed by atoms with Crippen LogP contribution in [0.5, 0.6) is 5.75 Å². The number of fused-ring (bicyclic) bond motifs is 2. The molecule has 0 amide bonds. The minimum absolute atomic E-state index is 0.0880. The summed E-state index contributed by atoms with van der Waals surface area (Å²) in [5.41, 5.74) is 6.90. The van der Waals surface area contributed by atoms with Gasteiger partial charge in [0.1, 0.15) is 29.5 Å². The van der Waals surface area contributed by atoms with Crippen LogP contribution >= 0.6 is 0 Å². The van der Waals surface area contributed by atoms with Crippen LogP contribution in [0.2, 0.25) is 0 Å². The van der Waals surface area contributed by atoms with Crippen molar-refractivity contribution in [3.63, 3.8) is 0 Å². The lowest BCUT2D eigenvalue weighted by atomic mass is 10.1. The van der Waals surface area contributed by atoms with Gasteiger partial charge in [0.25, 0.3) is 5.56 Å². The summed E-state index contributed by atoms with van der Waals surface area (Å²) in [4.78, 5) is 22.1. The zero-order valence-corrected chi connectivity index (χ0v) is 20.3. The van der Waals surface area contributed by atoms with Gasteiger partial charge < -0.3 is 10.8 Å². The molecule has 8 nitrogen and oxygen atoms in total. The zero-order chi connectivity index (χ0) is 27.4. The van der Waals surface area contributed by atoms with Gasteiger partial charge in [-0.2, -0.15) is 5.10 Å². The van der Waals surface area contributed by atoms with Gasteiger partial charge in [-0.1, -0.05) is 18.2 Å². The van der Waals surface area contributed by atoms with E-state index in [1.807, 2.05) is 0 Å². The first-order valence-corrected chi connectivity index (χ1v) is 11.8. The van der Waals surface area contributed by atoms with Crippen molar-refractivity contribution in [2.24, 2.45) is 0 Å². The second-order valence-corrected chi connectivity index (χ2v) is 8.99. The van der Waals surface area contributed by atoms with Gasteiger partial charge in [-0.05, 0) is 60.8 Å². The molecule has 0 aliphatic carbocycles. The molecule has 6 rings (SSSR count). The van der Waals surface area contributed by atoms with Gasteiger partial charge in [0.15, 0.2) is 17.2 Å². The first kappa shape index (κ1) is 24.2. The molecule has 3 aromatic heterocycles. The number of hydrogen-bond acceptors (Lipinski definition) is 6. The number of phenolic OH excluding ortho intramolecular Hbond substituents is 1. The van der Waals surface area contributed by atoms with Crippen LogP contribution in [-0.2, 0) is 0 Å². The Morgan fingerprint density at radius 2 is 1.72 bits per heavy atom. The van der Waals surface area contributed by atoms with Crippen molar-refractivity contribution >= 4 is 27.6 Å². The number of aromatic hydroxyl groups is 1. The van der Waals surface area contributed by atoms with Gasteiger partial charge in [0, 0.05) is 5.56 Å². The molecule has 0 radical (unpaired) electrons. The van der Waals surface area contributed by atoms with Crippen molar-refractivity contribution in [3.8, 4) is 22.7 Å². The monoisotopic (exact) mass is 528 g/mol. The topological polar surface area (TPSA) is 112 Å². The van der Waals surface area contributed by atoms with E-state index >= 15 is 0 Å². The number of halogens is 3. The van der Waals surface area contributed by atoms with Gasteiger partial charge in [-0.15, -0.1) is 0 Å². The van der Waals surface area contributed by atoms with Gasteiger partial charge in [0.05, 0.1) is 28.2 Å². The second kappa shape index (κ2) is 8.98. The highest BCUT2D eigenvalue weighted by Gasteiger charge is 2.25. The molecule has 6 aromatic rings. The van der Waals surface area contributed by atoms with E-state index in [1.165, 1.54) is 58.0 Å². The van der Waals surface area contributed by atoms with E-state index in [2.05, 4.69) is 15.1 Å². The largest absolute Gasteiger partial charge is 0.505 e. The molecule has 1 atom stereocenters. The molecule has 0 aliphatic rings. The SMILES string of the molecule is CC(c1cc2cccc(F)c2c(=O)n1-c1cccc(F)c1)n1nc(-c2ccc(O)c(F)c2)c2c(N)ncnc21. The second-order valence-electron chi connectivity index (χ2n) is 8.99. The van der Waals surface area contributed by atoms with E-state index < -0.39 is 34.8 Å². The molecule has 39 heavy (non-hydrogen) atoms. The van der Waals surface area contributed by atoms with Crippen LogP contribution in [-0.4, -0.2) is 29.4 Å². The highest BCUT2D eigenvalue weighted by atomic mass is 19.1. The van der Waals surface area contributed by atoms with Gasteiger partial charge in [-0.25, -0.2) is 27.8 Å². The van der Waals surface area contributed by atoms with Crippen LogP contribution < -0.4 is 11.3 Å². The van der Waals surface area contributed by atoms with Crippen molar-refractivity contribution in [3.05, 3.63) is 107 Å². The Labute approximate surface area is 218 Å². The van der Waals surface area contributed by atoms with Gasteiger partial charge in [0.2, 0.25) is 0 Å². The number of benzene rings is 3. The lowest BCUT2D eigenvalue weighted by molar-refractivity contribution is 0.432. The fourth-order valence-electron chi connectivity index (χ4n) is 4.78. The fourth-order valence-corrected chi connectivity index (χ4v) is 4.78. The Morgan fingerprint density at radius 1 is 0.923 bits per heavy atom. The van der Waals surface area contributed by atoms with Crippen molar-refractivity contribution in [2.75, 3.05) is 5.73 Å². The van der Waals surface area contributed by atoms with Crippen LogP contribution in [0.25, 0.3) is 38.8 Å². The Morgan fingerprint density at radius 3 is 2.49 bits per heavy atom. The van der Waals surface area contributed by atoms with Crippen LogP contribution in [0.3, 0.4) is 0 Å². The van der Waals surface area contributed by atoms with Crippen LogP contribution in [0.15, 0.2) is 77.9 Å². The number of rotatable bonds is 4. The summed E-state index contributed by atoms with van der Waals surface area (Å²) >= 11 is 0. The molecule has 0 bridgehead atoms. The summed E-state index contributed by atoms with van der Waals surface area (Å²) in [6.07, 6.45) is 1.25. The Balaban J connectivity index is 1.66. The molecule has 0 spiro atoms. The van der Waals surface area contributed by atoms with Crippen molar-refractivity contribution < 1.29 is 18.3 Å². The maximum absolute atomic E-state index is 14.8. The molecule has 3 aromatic carbocycles. The zero-order valence-electron chi connectivity index (χ0n) is 20.3. The van der Waals surface area contributed by atoms with Crippen LogP contribution in [0.4, 0.5) is 19.0 Å². The average Bonchev–Trinajstić information content (AvgIpc) is 3.30. The lowest BCUT2D eigenvalue weighted by Crippen LogP contribution is -2.26. The number of aromatic nitrogens is 5. The summed E-state index contributed by atoms with van der Waals surface area (Å²) in [7, 11) is 0.